The van der Waals surface area contributed by atoms with Gasteiger partial charge in [-0.15, -0.1) is 0 Å². The lowest BCUT2D eigenvalue weighted by atomic mass is 10.2. The number of amides is 2. The van der Waals surface area contributed by atoms with Crippen LogP contribution in [0.2, 0.25) is 5.02 Å². The molecule has 1 aromatic heterocycles. The highest BCUT2D eigenvalue weighted by atomic mass is 35.5. The van der Waals surface area contributed by atoms with Crippen molar-refractivity contribution in [2.75, 3.05) is 26.3 Å². The van der Waals surface area contributed by atoms with Crippen LogP contribution in [0.15, 0.2) is 36.5 Å². The van der Waals surface area contributed by atoms with Crippen molar-refractivity contribution in [3.63, 3.8) is 0 Å². The second-order valence-electron chi connectivity index (χ2n) is 6.57. The molecule has 0 aliphatic carbocycles. The van der Waals surface area contributed by atoms with Gasteiger partial charge in [-0.3, -0.25) is 9.59 Å². The van der Waals surface area contributed by atoms with E-state index in [9.17, 15) is 31.5 Å². The summed E-state index contributed by atoms with van der Waals surface area (Å²) in [5.41, 5.74) is -1.10. The van der Waals surface area contributed by atoms with Crippen LogP contribution in [0.5, 0.6) is 11.5 Å². The molecule has 180 valence electrons. The number of carbonyl (C=O) groups is 2. The lowest BCUT2D eigenvalue weighted by Gasteiger charge is -2.12. The lowest BCUT2D eigenvalue weighted by molar-refractivity contribution is -0.141. The van der Waals surface area contributed by atoms with Gasteiger partial charge in [-0.05, 0) is 30.7 Å². The Morgan fingerprint density at radius 1 is 1.03 bits per heavy atom. The predicted octanol–water partition coefficient (Wildman–Crippen LogP) is 3.31. The Labute approximate surface area is 190 Å². The molecule has 2 amide bonds. The number of nitrogens with one attached hydrogen (secondary N) is 2. The van der Waals surface area contributed by atoms with Crippen LogP contribution in [-0.4, -0.2) is 49.3 Å². The number of alkyl halides is 4. The average molecular weight is 496 g/mol. The molecule has 2 N–H and O–H groups in total. The van der Waals surface area contributed by atoms with Crippen molar-refractivity contribution in [3.8, 4) is 11.5 Å². The zero-order valence-corrected chi connectivity index (χ0v) is 17.7. The highest BCUT2D eigenvalue weighted by Gasteiger charge is 2.32. The molecule has 2 aromatic rings. The van der Waals surface area contributed by atoms with Crippen molar-refractivity contribution in [3.05, 3.63) is 53.1 Å². The van der Waals surface area contributed by atoms with E-state index in [1.807, 2.05) is 0 Å². The van der Waals surface area contributed by atoms with Crippen LogP contribution in [-0.2, 0) is 15.8 Å². The molecule has 0 fully saturated rings. The fourth-order valence-corrected chi connectivity index (χ4v) is 2.41. The standard InChI is InChI=1S/C20H19ClF5N3O4/c21-15-3-1-13(7-16(15)23)32-10-18(30)27-6-5-12(22)8-29-19(31)11-33-14-2-4-17(28-9-14)20(24,25)26/h1-4,7,9,12H,5-6,8,10-11H2,(H,27,30)(H,29,31)/t12-/m1/s1. The van der Waals surface area contributed by atoms with Crippen LogP contribution in [0.4, 0.5) is 22.0 Å². The molecule has 13 heteroatoms. The van der Waals surface area contributed by atoms with Crippen LogP contribution in [0, 0.1) is 5.82 Å². The molecule has 0 bridgehead atoms. The maximum absolute atomic E-state index is 13.9. The molecule has 1 heterocycles. The fraction of sp³-hybridized carbons (Fsp3) is 0.350. The molecule has 0 spiro atoms. The van der Waals surface area contributed by atoms with E-state index in [-0.39, 0.29) is 36.0 Å². The smallest absolute Gasteiger partial charge is 0.433 e. The van der Waals surface area contributed by atoms with Gasteiger partial charge in [0.05, 0.1) is 11.2 Å². The third-order valence-electron chi connectivity index (χ3n) is 3.96. The summed E-state index contributed by atoms with van der Waals surface area (Å²) in [6.45, 7) is -1.35. The van der Waals surface area contributed by atoms with Crippen LogP contribution >= 0.6 is 11.6 Å². The maximum atomic E-state index is 13.9. The third-order valence-corrected chi connectivity index (χ3v) is 4.26. The fourth-order valence-electron chi connectivity index (χ4n) is 2.29. The molecule has 0 radical (unpaired) electrons. The summed E-state index contributed by atoms with van der Waals surface area (Å²) in [6, 6.07) is 5.40. The number of ether oxygens (including phenoxy) is 2. The minimum atomic E-state index is -4.59. The van der Waals surface area contributed by atoms with E-state index in [1.54, 1.807) is 0 Å². The summed E-state index contributed by atoms with van der Waals surface area (Å²) < 4.78 is 74.5. The summed E-state index contributed by atoms with van der Waals surface area (Å²) >= 11 is 5.54. The number of hydrogen-bond acceptors (Lipinski definition) is 5. The highest BCUT2D eigenvalue weighted by Crippen LogP contribution is 2.28. The normalized spacial score (nSPS) is 12.1. The Balaban J connectivity index is 1.58. The Bertz CT molecular complexity index is 944. The predicted molar refractivity (Wildman–Crippen MR) is 107 cm³/mol. The van der Waals surface area contributed by atoms with E-state index in [4.69, 9.17) is 21.1 Å². The zero-order valence-electron chi connectivity index (χ0n) is 16.9. The molecule has 0 aliphatic rings. The van der Waals surface area contributed by atoms with E-state index in [0.29, 0.717) is 6.07 Å². The number of halogens is 6. The van der Waals surface area contributed by atoms with Crippen molar-refractivity contribution in [1.82, 2.24) is 15.6 Å². The van der Waals surface area contributed by atoms with Gasteiger partial charge in [-0.2, -0.15) is 13.2 Å². The van der Waals surface area contributed by atoms with Gasteiger partial charge in [0.15, 0.2) is 13.2 Å². The van der Waals surface area contributed by atoms with Gasteiger partial charge >= 0.3 is 6.18 Å². The number of aromatic nitrogens is 1. The average Bonchev–Trinajstić information content (AvgIpc) is 2.76. The SMILES string of the molecule is O=C(COc1ccc(Cl)c(F)c1)NCC[C@@H](F)CNC(=O)COc1ccc(C(F)(F)F)nc1. The molecule has 0 aliphatic heterocycles. The first-order valence-corrected chi connectivity index (χ1v) is 9.83. The van der Waals surface area contributed by atoms with Gasteiger partial charge in [0.1, 0.15) is 29.2 Å². The van der Waals surface area contributed by atoms with Crippen LogP contribution < -0.4 is 20.1 Å². The molecule has 33 heavy (non-hydrogen) atoms. The van der Waals surface area contributed by atoms with Crippen molar-refractivity contribution >= 4 is 23.4 Å². The van der Waals surface area contributed by atoms with E-state index < -0.39 is 48.9 Å². The summed E-state index contributed by atoms with van der Waals surface area (Å²) in [7, 11) is 0. The molecular formula is C20H19ClF5N3O4. The van der Waals surface area contributed by atoms with Crippen molar-refractivity contribution in [1.29, 1.82) is 0 Å². The second kappa shape index (κ2) is 12.2. The van der Waals surface area contributed by atoms with Gasteiger partial charge in [0, 0.05) is 19.2 Å². The molecule has 7 nitrogen and oxygen atoms in total. The van der Waals surface area contributed by atoms with Crippen molar-refractivity contribution in [2.24, 2.45) is 0 Å². The number of nitrogens with zero attached hydrogens (tertiary/aromatic N) is 1. The monoisotopic (exact) mass is 495 g/mol. The zero-order chi connectivity index (χ0) is 24.4. The summed E-state index contributed by atoms with van der Waals surface area (Å²) in [4.78, 5) is 26.5. The Morgan fingerprint density at radius 2 is 1.67 bits per heavy atom. The summed E-state index contributed by atoms with van der Waals surface area (Å²) in [5.74, 6) is -1.89. The largest absolute Gasteiger partial charge is 0.484 e. The minimum Gasteiger partial charge on any atom is -0.484 e. The Hall–Kier alpha value is -3.15. The van der Waals surface area contributed by atoms with E-state index in [0.717, 1.165) is 18.3 Å². The molecule has 2 rings (SSSR count). The summed E-state index contributed by atoms with van der Waals surface area (Å²) in [6.07, 6.45) is -5.35. The van der Waals surface area contributed by atoms with Gasteiger partial charge in [-0.25, -0.2) is 13.8 Å². The topological polar surface area (TPSA) is 89.6 Å². The number of carbonyl (C=O) groups excluding carboxylic acids is 2. The third kappa shape index (κ3) is 9.48. The highest BCUT2D eigenvalue weighted by molar-refractivity contribution is 6.30. The number of benzene rings is 1. The van der Waals surface area contributed by atoms with Crippen LogP contribution in [0.25, 0.3) is 0 Å². The minimum absolute atomic E-state index is 0.0397. The van der Waals surface area contributed by atoms with Crippen molar-refractivity contribution in [2.45, 2.75) is 18.8 Å². The first-order chi connectivity index (χ1) is 15.5. The Morgan fingerprint density at radius 3 is 2.27 bits per heavy atom. The van der Waals surface area contributed by atoms with E-state index in [1.165, 1.54) is 12.1 Å². The molecule has 1 atom stereocenters. The van der Waals surface area contributed by atoms with Gasteiger partial charge in [0.2, 0.25) is 0 Å². The number of pyridine rings is 1. The van der Waals surface area contributed by atoms with Gasteiger partial charge < -0.3 is 20.1 Å². The lowest BCUT2D eigenvalue weighted by Crippen LogP contribution is -2.36. The van der Waals surface area contributed by atoms with Gasteiger partial charge in [0.25, 0.3) is 11.8 Å². The quantitative estimate of drug-likeness (QED) is 0.467. The summed E-state index contributed by atoms with van der Waals surface area (Å²) in [5, 5.41) is 4.58. The number of hydrogen-bond donors (Lipinski definition) is 2. The number of rotatable bonds is 11. The van der Waals surface area contributed by atoms with Gasteiger partial charge in [-0.1, -0.05) is 11.6 Å². The van der Waals surface area contributed by atoms with Crippen molar-refractivity contribution < 1.29 is 41.0 Å². The van der Waals surface area contributed by atoms with Crippen LogP contribution in [0.1, 0.15) is 12.1 Å². The second-order valence-corrected chi connectivity index (χ2v) is 6.98. The molecule has 0 saturated carbocycles. The van der Waals surface area contributed by atoms with Crippen LogP contribution in [0.3, 0.4) is 0 Å². The molecule has 0 unspecified atom stereocenters. The molecular weight excluding hydrogens is 477 g/mol. The maximum Gasteiger partial charge on any atom is 0.433 e. The van der Waals surface area contributed by atoms with E-state index >= 15 is 0 Å². The Kier molecular flexibility index (Phi) is 9.64. The molecule has 0 saturated heterocycles. The first kappa shape index (κ1) is 26.1. The first-order valence-electron chi connectivity index (χ1n) is 9.46. The van der Waals surface area contributed by atoms with E-state index in [2.05, 4.69) is 15.6 Å². The molecule has 1 aromatic carbocycles.